The van der Waals surface area contributed by atoms with E-state index in [1.54, 1.807) is 0 Å². The Hall–Kier alpha value is -2.47. The molecule has 6 nitrogen and oxygen atoms in total. The lowest BCUT2D eigenvalue weighted by Gasteiger charge is -2.39. The van der Waals surface area contributed by atoms with E-state index in [0.717, 1.165) is 67.4 Å². The van der Waals surface area contributed by atoms with Crippen molar-refractivity contribution < 1.29 is 9.53 Å². The van der Waals surface area contributed by atoms with Crippen molar-refractivity contribution in [3.05, 3.63) is 41.6 Å². The zero-order chi connectivity index (χ0) is 20.0. The van der Waals surface area contributed by atoms with E-state index >= 15 is 0 Å². The molecule has 29 heavy (non-hydrogen) atoms. The molecule has 1 amide bonds. The van der Waals surface area contributed by atoms with Gasteiger partial charge >= 0.3 is 0 Å². The minimum atomic E-state index is 0.150. The van der Waals surface area contributed by atoms with Crippen LogP contribution < -0.4 is 4.90 Å². The van der Waals surface area contributed by atoms with Gasteiger partial charge in [-0.15, -0.1) is 0 Å². The van der Waals surface area contributed by atoms with Gasteiger partial charge in [-0.2, -0.15) is 0 Å². The first-order valence-corrected chi connectivity index (χ1v) is 10.7. The highest BCUT2D eigenvalue weighted by Gasteiger charge is 2.36. The summed E-state index contributed by atoms with van der Waals surface area (Å²) >= 11 is 0. The second kappa shape index (κ2) is 7.41. The van der Waals surface area contributed by atoms with Crippen LogP contribution in [0, 0.1) is 5.92 Å². The number of aromatic nitrogens is 2. The highest BCUT2D eigenvalue weighted by molar-refractivity contribution is 5.81. The lowest BCUT2D eigenvalue weighted by molar-refractivity contribution is -0.133. The fourth-order valence-electron chi connectivity index (χ4n) is 4.50. The summed E-state index contributed by atoms with van der Waals surface area (Å²) in [6.45, 7) is 7.20. The molecule has 1 aromatic carbocycles. The first-order valence-electron chi connectivity index (χ1n) is 10.7. The van der Waals surface area contributed by atoms with Crippen LogP contribution in [0.5, 0.6) is 0 Å². The van der Waals surface area contributed by atoms with Gasteiger partial charge in [0.1, 0.15) is 5.82 Å². The summed E-state index contributed by atoms with van der Waals surface area (Å²) in [6, 6.07) is 10.2. The number of nitrogens with zero attached hydrogens (tertiary/aromatic N) is 4. The third-order valence-corrected chi connectivity index (χ3v) is 6.03. The van der Waals surface area contributed by atoms with Gasteiger partial charge < -0.3 is 14.5 Å². The van der Waals surface area contributed by atoms with E-state index in [1.165, 1.54) is 0 Å². The van der Waals surface area contributed by atoms with Crippen molar-refractivity contribution in [2.75, 3.05) is 24.5 Å². The number of carbonyl (C=O) groups is 1. The molecule has 2 unspecified atom stereocenters. The van der Waals surface area contributed by atoms with E-state index in [0.29, 0.717) is 12.5 Å². The van der Waals surface area contributed by atoms with Crippen molar-refractivity contribution in [3.63, 3.8) is 0 Å². The van der Waals surface area contributed by atoms with E-state index in [1.807, 2.05) is 23.1 Å². The minimum absolute atomic E-state index is 0.150. The summed E-state index contributed by atoms with van der Waals surface area (Å²) in [7, 11) is 0. The van der Waals surface area contributed by atoms with Crippen LogP contribution in [0.25, 0.3) is 11.4 Å². The molecule has 0 spiro atoms. The number of hydrogen-bond donors (Lipinski definition) is 0. The van der Waals surface area contributed by atoms with Gasteiger partial charge in [0.2, 0.25) is 5.91 Å². The van der Waals surface area contributed by atoms with Gasteiger partial charge in [0, 0.05) is 43.1 Å². The molecule has 2 aliphatic heterocycles. The summed E-state index contributed by atoms with van der Waals surface area (Å²) in [5.41, 5.74) is 3.23. The number of carbonyl (C=O) groups excluding carboxylic acids is 1. The van der Waals surface area contributed by atoms with Crippen molar-refractivity contribution in [1.82, 2.24) is 14.9 Å². The van der Waals surface area contributed by atoms with Crippen LogP contribution in [0.4, 0.5) is 5.82 Å². The molecule has 1 aromatic heterocycles. The predicted molar refractivity (Wildman–Crippen MR) is 112 cm³/mol. The molecule has 0 N–H and O–H groups in total. The largest absolute Gasteiger partial charge is 0.372 e. The molecule has 0 bridgehead atoms. The fraction of sp³-hybridized carbons (Fsp3) is 0.522. The van der Waals surface area contributed by atoms with Crippen molar-refractivity contribution >= 4 is 11.7 Å². The molecule has 6 heteroatoms. The average molecular weight is 393 g/mol. The first-order chi connectivity index (χ1) is 14.1. The topological polar surface area (TPSA) is 58.6 Å². The third kappa shape index (κ3) is 3.73. The highest BCUT2D eigenvalue weighted by atomic mass is 16.5. The second-order valence-electron chi connectivity index (χ2n) is 8.61. The molecular weight excluding hydrogens is 364 g/mol. The normalized spacial score (nSPS) is 24.3. The van der Waals surface area contributed by atoms with Crippen molar-refractivity contribution in [2.24, 2.45) is 5.92 Å². The average Bonchev–Trinajstić information content (AvgIpc) is 3.57. The molecule has 1 aliphatic carbocycles. The number of rotatable bonds is 3. The number of benzene rings is 1. The van der Waals surface area contributed by atoms with Crippen LogP contribution in [0.1, 0.15) is 37.9 Å². The van der Waals surface area contributed by atoms with Gasteiger partial charge in [0.15, 0.2) is 5.82 Å². The minimum Gasteiger partial charge on any atom is -0.372 e. The molecule has 1 saturated heterocycles. The van der Waals surface area contributed by atoms with Gasteiger partial charge in [-0.3, -0.25) is 4.79 Å². The maximum atomic E-state index is 12.7. The molecule has 2 aromatic rings. The maximum absolute atomic E-state index is 12.7. The van der Waals surface area contributed by atoms with Gasteiger partial charge in [-0.25, -0.2) is 9.97 Å². The van der Waals surface area contributed by atoms with Crippen LogP contribution in [-0.4, -0.2) is 52.6 Å². The van der Waals surface area contributed by atoms with Crippen molar-refractivity contribution in [3.8, 4) is 11.4 Å². The van der Waals surface area contributed by atoms with Crippen LogP contribution >= 0.6 is 0 Å². The van der Waals surface area contributed by atoms with E-state index in [9.17, 15) is 4.79 Å². The molecule has 152 valence electrons. The monoisotopic (exact) mass is 392 g/mol. The predicted octanol–water partition coefficient (Wildman–Crippen LogP) is 3.05. The molecule has 0 radical (unpaired) electrons. The van der Waals surface area contributed by atoms with E-state index < -0.39 is 0 Å². The second-order valence-corrected chi connectivity index (χ2v) is 8.61. The summed E-state index contributed by atoms with van der Waals surface area (Å²) in [6.07, 6.45) is 3.17. The summed E-state index contributed by atoms with van der Waals surface area (Å²) in [5, 5.41) is 0. The van der Waals surface area contributed by atoms with Gasteiger partial charge in [-0.05, 0) is 26.7 Å². The molecular formula is C23H28N4O2. The SMILES string of the molecule is CC1CN(c2nc(-c3ccccc3)nc3c2CN(C(=O)C2CC2)CC3)CC(C)O1. The standard InChI is InChI=1S/C23H28N4O2/c1-15-12-27(13-16(2)29-15)22-19-14-26(23(28)18-8-9-18)11-10-20(19)24-21(25-22)17-6-4-3-5-7-17/h3-7,15-16,18H,8-14H2,1-2H3. The number of anilines is 1. The molecule has 5 rings (SSSR count). The van der Waals surface area contributed by atoms with Gasteiger partial charge in [0.05, 0.1) is 24.4 Å². The van der Waals surface area contributed by atoms with Gasteiger partial charge in [-0.1, -0.05) is 30.3 Å². The Bertz CT molecular complexity index is 903. The van der Waals surface area contributed by atoms with E-state index in [4.69, 9.17) is 14.7 Å². The number of morpholine rings is 1. The molecule has 3 aliphatic rings. The number of amides is 1. The fourth-order valence-corrected chi connectivity index (χ4v) is 4.50. The third-order valence-electron chi connectivity index (χ3n) is 6.03. The number of fused-ring (bicyclic) bond motifs is 1. The zero-order valence-corrected chi connectivity index (χ0v) is 17.2. The van der Waals surface area contributed by atoms with Crippen LogP contribution in [0.15, 0.2) is 30.3 Å². The summed E-state index contributed by atoms with van der Waals surface area (Å²) in [5.74, 6) is 2.29. The zero-order valence-electron chi connectivity index (χ0n) is 17.2. The quantitative estimate of drug-likeness (QED) is 0.804. The number of hydrogen-bond acceptors (Lipinski definition) is 5. The molecule has 1 saturated carbocycles. The van der Waals surface area contributed by atoms with Gasteiger partial charge in [0.25, 0.3) is 0 Å². The summed E-state index contributed by atoms with van der Waals surface area (Å²) < 4.78 is 5.95. The van der Waals surface area contributed by atoms with E-state index in [-0.39, 0.29) is 18.1 Å². The Labute approximate surface area is 171 Å². The maximum Gasteiger partial charge on any atom is 0.225 e. The van der Waals surface area contributed by atoms with Crippen LogP contribution in [0.2, 0.25) is 0 Å². The van der Waals surface area contributed by atoms with Crippen molar-refractivity contribution in [1.29, 1.82) is 0 Å². The van der Waals surface area contributed by atoms with Crippen LogP contribution in [0.3, 0.4) is 0 Å². The highest BCUT2D eigenvalue weighted by Crippen LogP contribution is 2.35. The Morgan fingerprint density at radius 2 is 1.79 bits per heavy atom. The Kier molecular flexibility index (Phi) is 4.74. The van der Waals surface area contributed by atoms with E-state index in [2.05, 4.69) is 30.9 Å². The molecule has 2 atom stereocenters. The smallest absolute Gasteiger partial charge is 0.225 e. The lowest BCUT2D eigenvalue weighted by atomic mass is 10.0. The summed E-state index contributed by atoms with van der Waals surface area (Å²) in [4.78, 5) is 27.0. The lowest BCUT2D eigenvalue weighted by Crippen LogP contribution is -2.47. The van der Waals surface area contributed by atoms with Crippen LogP contribution in [-0.2, 0) is 22.5 Å². The first kappa shape index (κ1) is 18.6. The number of ether oxygens (including phenoxy) is 1. The van der Waals surface area contributed by atoms with Crippen molar-refractivity contribution in [2.45, 2.75) is 51.9 Å². The Morgan fingerprint density at radius 3 is 2.48 bits per heavy atom. The Morgan fingerprint density at radius 1 is 1.07 bits per heavy atom. The Balaban J connectivity index is 1.55. The molecule has 2 fully saturated rings. The molecule has 3 heterocycles.